The van der Waals surface area contributed by atoms with Crippen LogP contribution in [0.4, 0.5) is 0 Å². The molecule has 2 amide bonds. The summed E-state index contributed by atoms with van der Waals surface area (Å²) in [6.45, 7) is 11.7. The third-order valence-electron chi connectivity index (χ3n) is 3.44. The largest absolute Gasteiger partial charge is 0.345 e. The first-order chi connectivity index (χ1) is 9.35. The smallest absolute Gasteiger partial charge is 0.244 e. The van der Waals surface area contributed by atoms with Crippen LogP contribution in [0, 0.1) is 11.8 Å². The van der Waals surface area contributed by atoms with Crippen molar-refractivity contribution < 1.29 is 9.59 Å². The summed E-state index contributed by atoms with van der Waals surface area (Å²) in [4.78, 5) is 25.8. The van der Waals surface area contributed by atoms with Gasteiger partial charge in [0.1, 0.15) is 6.04 Å². The lowest BCUT2D eigenvalue weighted by molar-refractivity contribution is -0.135. The number of hydrogen-bond donors (Lipinski definition) is 2. The number of likely N-dealkylation sites (N-methyl/N-ethyl adjacent to an activating group) is 1. The number of nitrogens with one attached hydrogen (secondary N) is 1. The van der Waals surface area contributed by atoms with Gasteiger partial charge in [-0.15, -0.1) is 0 Å². The van der Waals surface area contributed by atoms with Crippen LogP contribution in [0.2, 0.25) is 0 Å². The maximum atomic E-state index is 12.1. The first-order valence-electron chi connectivity index (χ1n) is 7.63. The summed E-state index contributed by atoms with van der Waals surface area (Å²) in [6.07, 6.45) is 1.33. The van der Waals surface area contributed by atoms with E-state index >= 15 is 0 Å². The molecule has 118 valence electrons. The van der Waals surface area contributed by atoms with E-state index in [1.54, 1.807) is 11.8 Å². The van der Waals surface area contributed by atoms with Crippen molar-refractivity contribution in [3.05, 3.63) is 0 Å². The van der Waals surface area contributed by atoms with E-state index in [0.29, 0.717) is 32.0 Å². The topological polar surface area (TPSA) is 75.4 Å². The molecule has 0 aliphatic rings. The fraction of sp³-hybridized carbons (Fsp3) is 0.867. The summed E-state index contributed by atoms with van der Waals surface area (Å²) in [5, 5.41) is 2.78. The van der Waals surface area contributed by atoms with Gasteiger partial charge < -0.3 is 16.0 Å². The molecule has 0 aromatic rings. The second kappa shape index (κ2) is 9.75. The number of carbonyl (C=O) groups is 2. The molecule has 0 saturated heterocycles. The van der Waals surface area contributed by atoms with Gasteiger partial charge in [0, 0.05) is 19.5 Å². The number of nitrogens with zero attached hydrogens (tertiary/aromatic N) is 1. The standard InChI is InChI=1S/C15H31N3O2/c1-6-18(7-2)15(20)12(5)17-14(19)9-13(10-16)8-11(3)4/h11-13H,6-10,16H2,1-5H3,(H,17,19)/t12?,13-/m0/s1. The molecule has 0 spiro atoms. The molecule has 5 nitrogen and oxygen atoms in total. The number of amides is 2. The van der Waals surface area contributed by atoms with Gasteiger partial charge in [0.15, 0.2) is 0 Å². The number of hydrogen-bond acceptors (Lipinski definition) is 3. The molecule has 1 unspecified atom stereocenters. The van der Waals surface area contributed by atoms with Crippen molar-refractivity contribution in [2.24, 2.45) is 17.6 Å². The van der Waals surface area contributed by atoms with Crippen molar-refractivity contribution in [3.8, 4) is 0 Å². The van der Waals surface area contributed by atoms with Gasteiger partial charge in [-0.3, -0.25) is 9.59 Å². The first-order valence-corrected chi connectivity index (χ1v) is 7.63. The zero-order chi connectivity index (χ0) is 15.7. The third kappa shape index (κ3) is 6.89. The van der Waals surface area contributed by atoms with E-state index in [0.717, 1.165) is 6.42 Å². The summed E-state index contributed by atoms with van der Waals surface area (Å²) >= 11 is 0. The highest BCUT2D eigenvalue weighted by atomic mass is 16.2. The highest BCUT2D eigenvalue weighted by Gasteiger charge is 2.21. The quantitative estimate of drug-likeness (QED) is 0.672. The predicted molar refractivity (Wildman–Crippen MR) is 82.1 cm³/mol. The van der Waals surface area contributed by atoms with Crippen molar-refractivity contribution in [1.82, 2.24) is 10.2 Å². The third-order valence-corrected chi connectivity index (χ3v) is 3.44. The minimum absolute atomic E-state index is 0.0310. The molecular weight excluding hydrogens is 254 g/mol. The summed E-state index contributed by atoms with van der Waals surface area (Å²) in [5.74, 6) is 0.586. The first kappa shape index (κ1) is 18.9. The number of nitrogens with two attached hydrogens (primary N) is 1. The lowest BCUT2D eigenvalue weighted by Gasteiger charge is -2.24. The Bertz CT molecular complexity index is 301. The summed E-state index contributed by atoms with van der Waals surface area (Å²) in [7, 11) is 0. The van der Waals surface area contributed by atoms with E-state index in [1.165, 1.54) is 0 Å². The zero-order valence-corrected chi connectivity index (χ0v) is 13.6. The maximum Gasteiger partial charge on any atom is 0.244 e. The predicted octanol–water partition coefficient (Wildman–Crippen LogP) is 1.37. The lowest BCUT2D eigenvalue weighted by atomic mass is 9.94. The normalized spacial score (nSPS) is 13.9. The molecule has 0 saturated carbocycles. The average Bonchev–Trinajstić information content (AvgIpc) is 2.38. The molecule has 0 radical (unpaired) electrons. The minimum atomic E-state index is -0.472. The van der Waals surface area contributed by atoms with Gasteiger partial charge in [-0.05, 0) is 45.6 Å². The van der Waals surface area contributed by atoms with Crippen molar-refractivity contribution in [3.63, 3.8) is 0 Å². The molecular formula is C15H31N3O2. The summed E-state index contributed by atoms with van der Waals surface area (Å²) in [6, 6.07) is -0.472. The molecule has 0 heterocycles. The van der Waals surface area contributed by atoms with Crippen LogP contribution in [0.25, 0.3) is 0 Å². The Morgan fingerprint density at radius 2 is 1.70 bits per heavy atom. The molecule has 3 N–H and O–H groups in total. The van der Waals surface area contributed by atoms with Gasteiger partial charge in [0.25, 0.3) is 0 Å². The van der Waals surface area contributed by atoms with E-state index in [9.17, 15) is 9.59 Å². The van der Waals surface area contributed by atoms with Crippen molar-refractivity contribution >= 4 is 11.8 Å². The Labute approximate surface area is 123 Å². The van der Waals surface area contributed by atoms with E-state index < -0.39 is 6.04 Å². The van der Waals surface area contributed by atoms with E-state index in [-0.39, 0.29) is 17.7 Å². The number of carbonyl (C=O) groups excluding carboxylic acids is 2. The molecule has 5 heteroatoms. The van der Waals surface area contributed by atoms with Gasteiger partial charge in [-0.2, -0.15) is 0 Å². The Morgan fingerprint density at radius 3 is 2.10 bits per heavy atom. The minimum Gasteiger partial charge on any atom is -0.345 e. The SMILES string of the molecule is CCN(CC)C(=O)C(C)NC(=O)C[C@@H](CN)CC(C)C. The van der Waals surface area contributed by atoms with E-state index in [2.05, 4.69) is 19.2 Å². The molecule has 0 bridgehead atoms. The Hall–Kier alpha value is -1.10. The molecule has 20 heavy (non-hydrogen) atoms. The Morgan fingerprint density at radius 1 is 1.15 bits per heavy atom. The van der Waals surface area contributed by atoms with Gasteiger partial charge in [-0.25, -0.2) is 0 Å². The van der Waals surface area contributed by atoms with E-state index in [4.69, 9.17) is 5.73 Å². The fourth-order valence-corrected chi connectivity index (χ4v) is 2.36. The molecule has 0 rings (SSSR count). The van der Waals surface area contributed by atoms with Crippen LogP contribution in [0.5, 0.6) is 0 Å². The highest BCUT2D eigenvalue weighted by Crippen LogP contribution is 2.14. The monoisotopic (exact) mass is 285 g/mol. The lowest BCUT2D eigenvalue weighted by Crippen LogP contribution is -2.47. The molecule has 0 fully saturated rings. The number of rotatable bonds is 9. The van der Waals surface area contributed by atoms with Crippen LogP contribution in [0.3, 0.4) is 0 Å². The maximum absolute atomic E-state index is 12.1. The highest BCUT2D eigenvalue weighted by molar-refractivity contribution is 5.87. The van der Waals surface area contributed by atoms with Crippen LogP contribution < -0.4 is 11.1 Å². The van der Waals surface area contributed by atoms with Crippen molar-refractivity contribution in [2.75, 3.05) is 19.6 Å². The van der Waals surface area contributed by atoms with Crippen molar-refractivity contribution in [1.29, 1.82) is 0 Å². The molecule has 0 aliphatic carbocycles. The van der Waals surface area contributed by atoms with Crippen LogP contribution in [0.15, 0.2) is 0 Å². The van der Waals surface area contributed by atoms with Crippen LogP contribution in [0.1, 0.15) is 47.5 Å². The molecule has 0 aromatic carbocycles. The van der Waals surface area contributed by atoms with Gasteiger partial charge in [0.05, 0.1) is 0 Å². The average molecular weight is 285 g/mol. The Balaban J connectivity index is 4.34. The van der Waals surface area contributed by atoms with Gasteiger partial charge in [-0.1, -0.05) is 13.8 Å². The summed E-state index contributed by atoms with van der Waals surface area (Å²) in [5.41, 5.74) is 5.70. The zero-order valence-electron chi connectivity index (χ0n) is 13.6. The fourth-order valence-electron chi connectivity index (χ4n) is 2.36. The van der Waals surface area contributed by atoms with Crippen molar-refractivity contribution in [2.45, 2.75) is 53.5 Å². The van der Waals surface area contributed by atoms with Crippen LogP contribution in [-0.2, 0) is 9.59 Å². The second-order valence-electron chi connectivity index (χ2n) is 5.74. The van der Waals surface area contributed by atoms with Gasteiger partial charge >= 0.3 is 0 Å². The van der Waals surface area contributed by atoms with Gasteiger partial charge in [0.2, 0.25) is 11.8 Å². The van der Waals surface area contributed by atoms with E-state index in [1.807, 2.05) is 13.8 Å². The van der Waals surface area contributed by atoms with Crippen LogP contribution >= 0.6 is 0 Å². The summed E-state index contributed by atoms with van der Waals surface area (Å²) < 4.78 is 0. The Kier molecular flexibility index (Phi) is 9.21. The molecule has 0 aromatic heterocycles. The van der Waals surface area contributed by atoms with Crippen LogP contribution in [-0.4, -0.2) is 42.4 Å². The molecule has 2 atom stereocenters. The molecule has 0 aliphatic heterocycles. The second-order valence-corrected chi connectivity index (χ2v) is 5.74.